The zero-order valence-electron chi connectivity index (χ0n) is 10.4. The second-order valence-corrected chi connectivity index (χ2v) is 6.51. The number of aliphatic hydroxyl groups excluding tert-OH is 1. The average Bonchev–Trinajstić information content (AvgIpc) is 2.66. The van der Waals surface area contributed by atoms with Gasteiger partial charge in [0.05, 0.1) is 17.3 Å². The van der Waals surface area contributed by atoms with Crippen molar-refractivity contribution < 1.29 is 24.2 Å². The Kier molecular flexibility index (Phi) is 3.14. The Balaban J connectivity index is 2.18. The van der Waals surface area contributed by atoms with Crippen molar-refractivity contribution in [3.8, 4) is 0 Å². The van der Waals surface area contributed by atoms with Gasteiger partial charge in [-0.1, -0.05) is 0 Å². The van der Waals surface area contributed by atoms with Gasteiger partial charge >= 0.3 is 6.09 Å². The van der Waals surface area contributed by atoms with Crippen molar-refractivity contribution in [2.45, 2.75) is 37.7 Å². The van der Waals surface area contributed by atoms with Gasteiger partial charge in [-0.3, -0.25) is 9.59 Å². The zero-order chi connectivity index (χ0) is 13.7. The molecule has 7 heteroatoms. The molecular weight excluding hydrogens is 258 g/mol. The number of carbonyl (C=O) groups excluding carboxylic acids is 3. The van der Waals surface area contributed by atoms with Gasteiger partial charge in [0.25, 0.3) is 5.91 Å². The first-order chi connectivity index (χ1) is 8.22. The van der Waals surface area contributed by atoms with E-state index >= 15 is 0 Å². The molecule has 2 saturated heterocycles. The molecular formula is C11H15NO5S. The van der Waals surface area contributed by atoms with Gasteiger partial charge in [-0.25, -0.2) is 4.79 Å². The van der Waals surface area contributed by atoms with E-state index in [0.29, 0.717) is 10.7 Å². The lowest BCUT2D eigenvalue weighted by Gasteiger charge is -2.23. The topological polar surface area (TPSA) is 83.9 Å². The highest BCUT2D eigenvalue weighted by Crippen LogP contribution is 2.40. The molecule has 2 heterocycles. The predicted molar refractivity (Wildman–Crippen MR) is 63.8 cm³/mol. The van der Waals surface area contributed by atoms with Crippen LogP contribution in [0, 0.1) is 5.92 Å². The van der Waals surface area contributed by atoms with Crippen LogP contribution in [0.1, 0.15) is 20.8 Å². The Morgan fingerprint density at radius 1 is 1.39 bits per heavy atom. The molecule has 0 spiro atoms. The molecule has 6 nitrogen and oxygen atoms in total. The number of hydrogen-bond donors (Lipinski definition) is 1. The summed E-state index contributed by atoms with van der Waals surface area (Å²) < 4.78 is 5.02. The van der Waals surface area contributed by atoms with E-state index in [4.69, 9.17) is 4.74 Å². The van der Waals surface area contributed by atoms with Gasteiger partial charge < -0.3 is 9.84 Å². The van der Waals surface area contributed by atoms with E-state index in [2.05, 4.69) is 0 Å². The first kappa shape index (κ1) is 13.4. The van der Waals surface area contributed by atoms with Crippen molar-refractivity contribution in [3.63, 3.8) is 0 Å². The second kappa shape index (κ2) is 4.24. The van der Waals surface area contributed by atoms with Crippen molar-refractivity contribution in [2.24, 2.45) is 5.92 Å². The third-order valence-corrected chi connectivity index (χ3v) is 4.12. The Morgan fingerprint density at radius 3 is 2.50 bits per heavy atom. The molecule has 0 aromatic carbocycles. The van der Waals surface area contributed by atoms with Gasteiger partial charge in [-0.2, -0.15) is 4.90 Å². The Hall–Kier alpha value is -1.08. The van der Waals surface area contributed by atoms with Crippen LogP contribution in [0.25, 0.3) is 0 Å². The van der Waals surface area contributed by atoms with Crippen LogP contribution in [-0.4, -0.2) is 50.6 Å². The third kappa shape index (κ3) is 2.12. The van der Waals surface area contributed by atoms with E-state index in [1.165, 1.54) is 11.8 Å². The molecule has 2 rings (SSSR count). The van der Waals surface area contributed by atoms with E-state index in [-0.39, 0.29) is 0 Å². The Labute approximate surface area is 109 Å². The first-order valence-electron chi connectivity index (χ1n) is 5.63. The van der Waals surface area contributed by atoms with E-state index in [0.717, 1.165) is 0 Å². The summed E-state index contributed by atoms with van der Waals surface area (Å²) in [7, 11) is 0. The van der Waals surface area contributed by atoms with Gasteiger partial charge in [0.2, 0.25) is 5.91 Å². The minimum atomic E-state index is -0.959. The van der Waals surface area contributed by atoms with E-state index in [9.17, 15) is 19.5 Å². The van der Waals surface area contributed by atoms with Crippen LogP contribution >= 0.6 is 11.8 Å². The lowest BCUT2D eigenvalue weighted by atomic mass is 10.0. The van der Waals surface area contributed by atoms with Crippen LogP contribution in [0.3, 0.4) is 0 Å². The van der Waals surface area contributed by atoms with E-state index in [1.54, 1.807) is 20.8 Å². The highest BCUT2D eigenvalue weighted by atomic mass is 32.2. The van der Waals surface area contributed by atoms with Crippen LogP contribution in [0.2, 0.25) is 0 Å². The van der Waals surface area contributed by atoms with Gasteiger partial charge in [0.1, 0.15) is 5.60 Å². The SMILES string of the molecule is CC(C)(C)OC(=O)N1C(=O)C2SCC(O)C2C1=O. The maximum atomic E-state index is 12.0. The molecule has 100 valence electrons. The fourth-order valence-electron chi connectivity index (χ4n) is 2.00. The fraction of sp³-hybridized carbons (Fsp3) is 0.727. The number of imide groups is 3. The molecule has 0 radical (unpaired) electrons. The molecule has 1 N–H and O–H groups in total. The Morgan fingerprint density at radius 2 is 2.00 bits per heavy atom. The van der Waals surface area contributed by atoms with Crippen LogP contribution in [0.5, 0.6) is 0 Å². The summed E-state index contributed by atoms with van der Waals surface area (Å²) in [5, 5.41) is 8.99. The average molecular weight is 273 g/mol. The van der Waals surface area contributed by atoms with Gasteiger partial charge in [-0.15, -0.1) is 11.8 Å². The van der Waals surface area contributed by atoms with Gasteiger partial charge in [-0.05, 0) is 20.8 Å². The molecule has 0 bridgehead atoms. The highest BCUT2D eigenvalue weighted by Gasteiger charge is 2.57. The monoisotopic (exact) mass is 273 g/mol. The number of aliphatic hydroxyl groups is 1. The number of rotatable bonds is 0. The van der Waals surface area contributed by atoms with E-state index in [1.807, 2.05) is 0 Å². The summed E-state index contributed by atoms with van der Waals surface area (Å²) in [6.07, 6.45) is -1.83. The molecule has 3 atom stereocenters. The maximum Gasteiger partial charge on any atom is 0.424 e. The third-order valence-electron chi connectivity index (χ3n) is 2.73. The summed E-state index contributed by atoms with van der Waals surface area (Å²) in [6.45, 7) is 4.96. The lowest BCUT2D eigenvalue weighted by Crippen LogP contribution is -2.42. The largest absolute Gasteiger partial charge is 0.443 e. The summed E-state index contributed by atoms with van der Waals surface area (Å²) >= 11 is 1.20. The molecule has 0 aromatic heterocycles. The normalized spacial score (nSPS) is 31.8. The van der Waals surface area contributed by atoms with Gasteiger partial charge in [0, 0.05) is 5.75 Å². The second-order valence-electron chi connectivity index (χ2n) is 5.34. The number of amides is 3. The minimum Gasteiger partial charge on any atom is -0.443 e. The van der Waals surface area contributed by atoms with Crippen molar-refractivity contribution >= 4 is 29.7 Å². The quantitative estimate of drug-likeness (QED) is 0.642. The van der Waals surface area contributed by atoms with Crippen LogP contribution in [0.4, 0.5) is 4.79 Å². The van der Waals surface area contributed by atoms with E-state index < -0.39 is 40.8 Å². The number of nitrogens with zero attached hydrogens (tertiary/aromatic N) is 1. The minimum absolute atomic E-state index is 0.342. The predicted octanol–water partition coefficient (Wildman–Crippen LogP) is 0.383. The highest BCUT2D eigenvalue weighted by molar-refractivity contribution is 8.01. The van der Waals surface area contributed by atoms with Crippen LogP contribution < -0.4 is 0 Å². The molecule has 0 saturated carbocycles. The molecule has 0 aromatic rings. The fourth-order valence-corrected chi connectivity index (χ4v) is 3.37. The summed E-state index contributed by atoms with van der Waals surface area (Å²) in [5.74, 6) is -1.71. The Bertz CT molecular complexity index is 416. The molecule has 3 unspecified atom stereocenters. The van der Waals surface area contributed by atoms with Crippen molar-refractivity contribution in [1.29, 1.82) is 0 Å². The smallest absolute Gasteiger partial charge is 0.424 e. The van der Waals surface area contributed by atoms with Crippen LogP contribution in [0.15, 0.2) is 0 Å². The number of fused-ring (bicyclic) bond motifs is 1. The number of ether oxygens (including phenoxy) is 1. The van der Waals surface area contributed by atoms with Crippen LogP contribution in [-0.2, 0) is 14.3 Å². The van der Waals surface area contributed by atoms with Crippen molar-refractivity contribution in [1.82, 2.24) is 4.90 Å². The maximum absolute atomic E-state index is 12.0. The molecule has 2 aliphatic heterocycles. The number of carbonyl (C=O) groups is 3. The molecule has 3 amide bonds. The molecule has 0 aliphatic carbocycles. The van der Waals surface area contributed by atoms with Gasteiger partial charge in [0.15, 0.2) is 0 Å². The first-order valence-corrected chi connectivity index (χ1v) is 6.68. The molecule has 18 heavy (non-hydrogen) atoms. The summed E-state index contributed by atoms with van der Waals surface area (Å²) in [6, 6.07) is 0. The standard InChI is InChI=1S/C11H15NO5S/c1-11(2,3)17-10(16)12-8(14)6-5(13)4-18-7(6)9(12)15/h5-7,13H,4H2,1-3H3. The number of likely N-dealkylation sites (tertiary alicyclic amines) is 1. The number of hydrogen-bond acceptors (Lipinski definition) is 6. The molecule has 2 aliphatic rings. The molecule has 2 fully saturated rings. The summed E-state index contributed by atoms with van der Waals surface area (Å²) in [4.78, 5) is 36.2. The van der Waals surface area contributed by atoms with Crippen molar-refractivity contribution in [3.05, 3.63) is 0 Å². The summed E-state index contributed by atoms with van der Waals surface area (Å²) in [5.41, 5.74) is -0.777. The number of thioether (sulfide) groups is 1. The zero-order valence-corrected chi connectivity index (χ0v) is 11.2. The van der Waals surface area contributed by atoms with Crippen molar-refractivity contribution in [2.75, 3.05) is 5.75 Å². The lowest BCUT2D eigenvalue weighted by molar-refractivity contribution is -0.138.